The van der Waals surface area contributed by atoms with Crippen LogP contribution in [0.5, 0.6) is 0 Å². The molecule has 3 nitrogen and oxygen atoms in total. The van der Waals surface area contributed by atoms with Crippen molar-refractivity contribution in [3.8, 4) is 0 Å². The number of nitrogens with zero attached hydrogens (tertiary/aromatic N) is 1. The minimum absolute atomic E-state index is 0.0540. The number of halogens is 2. The van der Waals surface area contributed by atoms with E-state index in [0.717, 1.165) is 18.7 Å². The molecule has 0 radical (unpaired) electrons. The predicted octanol–water partition coefficient (Wildman–Crippen LogP) is 2.09. The molecule has 5 heteroatoms. The molecule has 2 atom stereocenters. The van der Waals surface area contributed by atoms with E-state index < -0.39 is 11.6 Å². The van der Waals surface area contributed by atoms with Crippen LogP contribution < -0.4 is 5.73 Å². The number of hydrogen-bond donors (Lipinski definition) is 1. The molecule has 0 unspecified atom stereocenters. The van der Waals surface area contributed by atoms with E-state index in [1.807, 2.05) is 4.90 Å². The van der Waals surface area contributed by atoms with Gasteiger partial charge in [-0.3, -0.25) is 4.79 Å². The Labute approximate surface area is 123 Å². The van der Waals surface area contributed by atoms with Gasteiger partial charge in [0.15, 0.2) is 11.6 Å². The molecular weight excluding hydrogens is 274 g/mol. The first kappa shape index (κ1) is 14.4. The average Bonchev–Trinajstić information content (AvgIpc) is 3.22. The van der Waals surface area contributed by atoms with E-state index >= 15 is 0 Å². The number of rotatable bonds is 4. The van der Waals surface area contributed by atoms with E-state index in [-0.39, 0.29) is 11.9 Å². The van der Waals surface area contributed by atoms with Crippen molar-refractivity contribution in [3.63, 3.8) is 0 Å². The molecular formula is C16H20F2N2O. The largest absolute Gasteiger partial charge is 0.341 e. The third-order valence-electron chi connectivity index (χ3n) is 4.60. The quantitative estimate of drug-likeness (QED) is 0.924. The second-order valence-corrected chi connectivity index (χ2v) is 6.21. The summed E-state index contributed by atoms with van der Waals surface area (Å²) >= 11 is 0. The summed E-state index contributed by atoms with van der Waals surface area (Å²) in [6, 6.07) is 3.87. The molecule has 0 aromatic heterocycles. The maximum Gasteiger partial charge on any atom is 0.222 e. The Balaban J connectivity index is 1.53. The van der Waals surface area contributed by atoms with Gasteiger partial charge in [-0.05, 0) is 48.8 Å². The van der Waals surface area contributed by atoms with E-state index in [2.05, 4.69) is 0 Å². The summed E-state index contributed by atoms with van der Waals surface area (Å²) in [7, 11) is 0. The van der Waals surface area contributed by atoms with Gasteiger partial charge >= 0.3 is 0 Å². The lowest BCUT2D eigenvalue weighted by Gasteiger charge is -2.16. The lowest BCUT2D eigenvalue weighted by atomic mass is 9.99. The third-order valence-corrected chi connectivity index (χ3v) is 4.60. The summed E-state index contributed by atoms with van der Waals surface area (Å²) in [6.07, 6.45) is 3.20. The highest BCUT2D eigenvalue weighted by Crippen LogP contribution is 2.40. The van der Waals surface area contributed by atoms with Gasteiger partial charge in [0.25, 0.3) is 0 Å². The van der Waals surface area contributed by atoms with Crippen LogP contribution in [0.15, 0.2) is 18.2 Å². The van der Waals surface area contributed by atoms with E-state index in [4.69, 9.17) is 5.73 Å². The SMILES string of the molecule is N[C@H]1CN(C(=O)CCc2ccc(F)c(F)c2)C[C@@H]1C1CC1. The van der Waals surface area contributed by atoms with Gasteiger partial charge in [-0.25, -0.2) is 8.78 Å². The molecule has 2 aliphatic rings. The van der Waals surface area contributed by atoms with Crippen LogP contribution in [0.4, 0.5) is 8.78 Å². The lowest BCUT2D eigenvalue weighted by Crippen LogP contribution is -2.32. The zero-order valence-corrected chi connectivity index (χ0v) is 11.9. The van der Waals surface area contributed by atoms with Gasteiger partial charge in [0.05, 0.1) is 0 Å². The van der Waals surface area contributed by atoms with Crippen LogP contribution in [0.2, 0.25) is 0 Å². The molecule has 21 heavy (non-hydrogen) atoms. The molecule has 1 aliphatic carbocycles. The smallest absolute Gasteiger partial charge is 0.222 e. The van der Waals surface area contributed by atoms with Crippen molar-refractivity contribution in [1.82, 2.24) is 4.90 Å². The summed E-state index contributed by atoms with van der Waals surface area (Å²) in [4.78, 5) is 14.0. The summed E-state index contributed by atoms with van der Waals surface area (Å²) in [6.45, 7) is 1.38. The fraction of sp³-hybridized carbons (Fsp3) is 0.562. The van der Waals surface area contributed by atoms with Gasteiger partial charge in [0.2, 0.25) is 5.91 Å². The standard InChI is InChI=1S/C16H20F2N2O/c17-13-5-1-10(7-14(13)18)2-6-16(21)20-8-12(11-3-4-11)15(19)9-20/h1,5,7,11-12,15H,2-4,6,8-9,19H2/t12-,15+/m1/s1. The summed E-state index contributed by atoms with van der Waals surface area (Å²) in [5.74, 6) is -0.528. The molecule has 1 aromatic rings. The summed E-state index contributed by atoms with van der Waals surface area (Å²) < 4.78 is 26.0. The number of benzene rings is 1. The first-order valence-electron chi connectivity index (χ1n) is 7.52. The summed E-state index contributed by atoms with van der Waals surface area (Å²) in [5.41, 5.74) is 6.75. The van der Waals surface area contributed by atoms with Crippen LogP contribution >= 0.6 is 0 Å². The number of nitrogens with two attached hydrogens (primary N) is 1. The van der Waals surface area contributed by atoms with E-state index in [0.29, 0.717) is 36.8 Å². The van der Waals surface area contributed by atoms with Crippen LogP contribution in [0.3, 0.4) is 0 Å². The number of carbonyl (C=O) groups excluding carboxylic acids is 1. The molecule has 1 aromatic carbocycles. The van der Waals surface area contributed by atoms with Gasteiger partial charge in [0, 0.05) is 25.6 Å². The third kappa shape index (κ3) is 3.23. The lowest BCUT2D eigenvalue weighted by molar-refractivity contribution is -0.130. The van der Waals surface area contributed by atoms with E-state index in [9.17, 15) is 13.6 Å². The van der Waals surface area contributed by atoms with Crippen molar-refractivity contribution in [2.24, 2.45) is 17.6 Å². The monoisotopic (exact) mass is 294 g/mol. The van der Waals surface area contributed by atoms with Gasteiger partial charge in [-0.1, -0.05) is 6.07 Å². The summed E-state index contributed by atoms with van der Waals surface area (Å²) in [5, 5.41) is 0. The van der Waals surface area contributed by atoms with Crippen LogP contribution in [-0.4, -0.2) is 29.9 Å². The van der Waals surface area contributed by atoms with E-state index in [1.54, 1.807) is 0 Å². The average molecular weight is 294 g/mol. The topological polar surface area (TPSA) is 46.3 Å². The number of amides is 1. The molecule has 1 heterocycles. The van der Waals surface area contributed by atoms with Crippen molar-refractivity contribution in [2.75, 3.05) is 13.1 Å². The molecule has 1 amide bonds. The minimum atomic E-state index is -0.864. The molecule has 2 N–H and O–H groups in total. The van der Waals surface area contributed by atoms with Crippen molar-refractivity contribution < 1.29 is 13.6 Å². The Morgan fingerprint density at radius 2 is 2.00 bits per heavy atom. The van der Waals surface area contributed by atoms with Gasteiger partial charge in [-0.2, -0.15) is 0 Å². The zero-order valence-electron chi connectivity index (χ0n) is 11.9. The van der Waals surface area contributed by atoms with Crippen LogP contribution in [-0.2, 0) is 11.2 Å². The highest BCUT2D eigenvalue weighted by atomic mass is 19.2. The number of hydrogen-bond acceptors (Lipinski definition) is 2. The normalized spacial score (nSPS) is 25.4. The molecule has 1 saturated carbocycles. The molecule has 2 fully saturated rings. The number of aryl methyl sites for hydroxylation is 1. The Hall–Kier alpha value is -1.49. The highest BCUT2D eigenvalue weighted by Gasteiger charge is 2.41. The first-order valence-corrected chi connectivity index (χ1v) is 7.52. The van der Waals surface area contributed by atoms with Crippen LogP contribution in [0.25, 0.3) is 0 Å². The van der Waals surface area contributed by atoms with Crippen molar-refractivity contribution in [3.05, 3.63) is 35.4 Å². The highest BCUT2D eigenvalue weighted by molar-refractivity contribution is 5.76. The fourth-order valence-corrected chi connectivity index (χ4v) is 3.19. The molecule has 1 saturated heterocycles. The van der Waals surface area contributed by atoms with Gasteiger partial charge < -0.3 is 10.6 Å². The Morgan fingerprint density at radius 3 is 2.67 bits per heavy atom. The second kappa shape index (κ2) is 5.72. The maximum absolute atomic E-state index is 13.1. The fourth-order valence-electron chi connectivity index (χ4n) is 3.19. The van der Waals surface area contributed by atoms with Crippen molar-refractivity contribution in [1.29, 1.82) is 0 Å². The minimum Gasteiger partial charge on any atom is -0.341 e. The Morgan fingerprint density at radius 1 is 1.24 bits per heavy atom. The first-order chi connectivity index (χ1) is 10.0. The number of likely N-dealkylation sites (tertiary alicyclic amines) is 1. The van der Waals surface area contributed by atoms with Crippen molar-refractivity contribution >= 4 is 5.91 Å². The van der Waals surface area contributed by atoms with Gasteiger partial charge in [-0.15, -0.1) is 0 Å². The second-order valence-electron chi connectivity index (χ2n) is 6.21. The zero-order chi connectivity index (χ0) is 15.0. The Bertz CT molecular complexity index is 545. The number of carbonyl (C=O) groups is 1. The molecule has 1 aliphatic heterocycles. The van der Waals surface area contributed by atoms with Crippen molar-refractivity contribution in [2.45, 2.75) is 31.7 Å². The maximum atomic E-state index is 13.1. The van der Waals surface area contributed by atoms with Crippen LogP contribution in [0.1, 0.15) is 24.8 Å². The Kier molecular flexibility index (Phi) is 3.93. The van der Waals surface area contributed by atoms with Gasteiger partial charge in [0.1, 0.15) is 0 Å². The molecule has 0 spiro atoms. The predicted molar refractivity (Wildman–Crippen MR) is 75.4 cm³/mol. The molecule has 0 bridgehead atoms. The van der Waals surface area contributed by atoms with E-state index in [1.165, 1.54) is 18.9 Å². The molecule has 3 rings (SSSR count). The molecule has 114 valence electrons. The van der Waals surface area contributed by atoms with Crippen LogP contribution in [0, 0.1) is 23.5 Å².